The first-order valence-electron chi connectivity index (χ1n) is 8.28. The number of hydrogen-bond donors (Lipinski definition) is 1. The van der Waals surface area contributed by atoms with Crippen molar-refractivity contribution in [2.75, 3.05) is 11.6 Å². The van der Waals surface area contributed by atoms with Gasteiger partial charge in [0.1, 0.15) is 0 Å². The molecule has 3 aromatic rings. The Morgan fingerprint density at radius 2 is 1.87 bits per heavy atom. The lowest BCUT2D eigenvalue weighted by Crippen LogP contribution is -2.11. The molecule has 30 heavy (non-hydrogen) atoms. The summed E-state index contributed by atoms with van der Waals surface area (Å²) in [4.78, 5) is 20.5. The van der Waals surface area contributed by atoms with Gasteiger partial charge in [0.05, 0.1) is 28.5 Å². The molecule has 8 nitrogen and oxygen atoms in total. The Hall–Kier alpha value is -3.05. The van der Waals surface area contributed by atoms with Gasteiger partial charge in [-0.15, -0.1) is 0 Å². The minimum atomic E-state index is -3.51. The molecule has 158 valence electrons. The highest BCUT2D eigenvalue weighted by Gasteiger charge is 2.16. The minimum Gasteiger partial charge on any atom is -0.432 e. The van der Waals surface area contributed by atoms with Gasteiger partial charge in [-0.3, -0.25) is 4.79 Å². The SMILES string of the molecule is Cn1cc(C(=O)Nc2cc(Cl)cc(S(C)(=O)=O)c2)cc1-c1ncc(OC(F)F)cn1. The van der Waals surface area contributed by atoms with E-state index in [2.05, 4.69) is 20.0 Å². The van der Waals surface area contributed by atoms with Crippen LogP contribution in [0.25, 0.3) is 11.5 Å². The number of hydrogen-bond acceptors (Lipinski definition) is 6. The van der Waals surface area contributed by atoms with Crippen molar-refractivity contribution in [3.05, 3.63) is 53.4 Å². The van der Waals surface area contributed by atoms with Crippen LogP contribution in [0.5, 0.6) is 5.75 Å². The summed E-state index contributed by atoms with van der Waals surface area (Å²) in [5, 5.41) is 2.74. The van der Waals surface area contributed by atoms with Gasteiger partial charge in [0, 0.05) is 30.2 Å². The summed E-state index contributed by atoms with van der Waals surface area (Å²) in [6, 6.07) is 5.50. The summed E-state index contributed by atoms with van der Waals surface area (Å²) in [7, 11) is -1.86. The Balaban J connectivity index is 1.83. The predicted molar refractivity (Wildman–Crippen MR) is 106 cm³/mol. The van der Waals surface area contributed by atoms with Crippen LogP contribution in [0.1, 0.15) is 10.4 Å². The van der Waals surface area contributed by atoms with E-state index in [4.69, 9.17) is 11.6 Å². The van der Waals surface area contributed by atoms with Gasteiger partial charge in [-0.2, -0.15) is 8.78 Å². The first-order chi connectivity index (χ1) is 14.0. The van der Waals surface area contributed by atoms with Crippen molar-refractivity contribution in [1.82, 2.24) is 14.5 Å². The van der Waals surface area contributed by atoms with Gasteiger partial charge in [-0.25, -0.2) is 18.4 Å². The standard InChI is InChI=1S/C18H15ClF2N4O4S/c1-25-9-10(3-15(25)16-22-7-13(8-23-16)29-18(20)21)17(26)24-12-4-11(19)5-14(6-12)30(2,27)28/h3-9,18H,1-2H3,(H,24,26). The van der Waals surface area contributed by atoms with E-state index >= 15 is 0 Å². The Morgan fingerprint density at radius 3 is 2.47 bits per heavy atom. The van der Waals surface area contributed by atoms with Crippen molar-refractivity contribution in [3.8, 4) is 17.3 Å². The van der Waals surface area contributed by atoms with E-state index < -0.39 is 22.4 Å². The van der Waals surface area contributed by atoms with Crippen LogP contribution in [0, 0.1) is 0 Å². The number of nitrogens with zero attached hydrogens (tertiary/aromatic N) is 3. The van der Waals surface area contributed by atoms with E-state index in [1.165, 1.54) is 30.5 Å². The molecule has 0 aliphatic carbocycles. The smallest absolute Gasteiger partial charge is 0.387 e. The highest BCUT2D eigenvalue weighted by molar-refractivity contribution is 7.90. The molecule has 0 bridgehead atoms. The van der Waals surface area contributed by atoms with Gasteiger partial charge < -0.3 is 14.6 Å². The fourth-order valence-electron chi connectivity index (χ4n) is 2.58. The molecule has 2 aromatic heterocycles. The largest absolute Gasteiger partial charge is 0.432 e. The average Bonchev–Trinajstić information content (AvgIpc) is 3.02. The normalized spacial score (nSPS) is 11.5. The number of anilines is 1. The molecule has 1 amide bonds. The highest BCUT2D eigenvalue weighted by Crippen LogP contribution is 2.24. The van der Waals surface area contributed by atoms with Gasteiger partial charge in [-0.1, -0.05) is 11.6 Å². The lowest BCUT2D eigenvalue weighted by molar-refractivity contribution is -0.0503. The first kappa shape index (κ1) is 21.7. The zero-order valence-electron chi connectivity index (χ0n) is 15.6. The second kappa shape index (κ2) is 8.36. The minimum absolute atomic E-state index is 0.0291. The molecule has 0 spiro atoms. The van der Waals surface area contributed by atoms with Crippen LogP contribution >= 0.6 is 11.6 Å². The Bertz CT molecular complexity index is 1200. The third kappa shape index (κ3) is 5.10. The molecule has 3 rings (SSSR count). The molecule has 0 aliphatic heterocycles. The molecule has 1 N–H and O–H groups in total. The van der Waals surface area contributed by atoms with Crippen LogP contribution in [-0.4, -0.2) is 41.7 Å². The summed E-state index contributed by atoms with van der Waals surface area (Å²) in [5.74, 6) is -0.514. The number of rotatable bonds is 6. The van der Waals surface area contributed by atoms with Crippen LogP contribution in [0.4, 0.5) is 14.5 Å². The zero-order valence-corrected chi connectivity index (χ0v) is 17.2. The quantitative estimate of drug-likeness (QED) is 0.609. The Labute approximate surface area is 175 Å². The van der Waals surface area contributed by atoms with Crippen molar-refractivity contribution in [2.45, 2.75) is 11.5 Å². The number of aromatic nitrogens is 3. The maximum atomic E-state index is 12.6. The molecule has 0 atom stereocenters. The molecule has 0 radical (unpaired) electrons. The van der Waals surface area contributed by atoms with Gasteiger partial charge in [0.25, 0.3) is 5.91 Å². The fourth-order valence-corrected chi connectivity index (χ4v) is 3.56. The van der Waals surface area contributed by atoms with Crippen molar-refractivity contribution in [3.63, 3.8) is 0 Å². The monoisotopic (exact) mass is 456 g/mol. The van der Waals surface area contributed by atoms with Crippen LogP contribution in [0.15, 0.2) is 47.8 Å². The summed E-state index contributed by atoms with van der Waals surface area (Å²) in [6.07, 6.45) is 4.74. The summed E-state index contributed by atoms with van der Waals surface area (Å²) >= 11 is 5.95. The molecule has 0 saturated carbocycles. The maximum absolute atomic E-state index is 12.6. The third-order valence-corrected chi connectivity index (χ3v) is 5.22. The number of sulfone groups is 1. The number of amides is 1. The van der Waals surface area contributed by atoms with E-state index in [0.29, 0.717) is 5.69 Å². The number of alkyl halides is 2. The van der Waals surface area contributed by atoms with Crippen LogP contribution in [0.2, 0.25) is 5.02 Å². The molecule has 0 unspecified atom stereocenters. The predicted octanol–water partition coefficient (Wildman–Crippen LogP) is 3.39. The Morgan fingerprint density at radius 1 is 1.20 bits per heavy atom. The van der Waals surface area contributed by atoms with Crippen molar-refractivity contribution < 1.29 is 26.7 Å². The number of halogens is 3. The van der Waals surface area contributed by atoms with Crippen LogP contribution in [0.3, 0.4) is 0 Å². The lowest BCUT2D eigenvalue weighted by atomic mass is 10.2. The molecule has 0 aliphatic rings. The summed E-state index contributed by atoms with van der Waals surface area (Å²) < 4.78 is 53.7. The van der Waals surface area contributed by atoms with Gasteiger partial charge >= 0.3 is 6.61 Å². The summed E-state index contributed by atoms with van der Waals surface area (Å²) in [6.45, 7) is -2.99. The van der Waals surface area contributed by atoms with Crippen LogP contribution < -0.4 is 10.1 Å². The third-order valence-electron chi connectivity index (χ3n) is 3.91. The fraction of sp³-hybridized carbons (Fsp3) is 0.167. The maximum Gasteiger partial charge on any atom is 0.387 e. The van der Waals surface area contributed by atoms with E-state index in [9.17, 15) is 22.0 Å². The first-order valence-corrected chi connectivity index (χ1v) is 10.6. The van der Waals surface area contributed by atoms with Gasteiger partial charge in [0.2, 0.25) is 0 Å². The lowest BCUT2D eigenvalue weighted by Gasteiger charge is -2.07. The van der Waals surface area contributed by atoms with E-state index in [1.54, 1.807) is 11.6 Å². The molecule has 1 aromatic carbocycles. The number of aryl methyl sites for hydroxylation is 1. The summed E-state index contributed by atoms with van der Waals surface area (Å²) in [5.41, 5.74) is 0.902. The second-order valence-electron chi connectivity index (χ2n) is 6.25. The number of nitrogens with one attached hydrogen (secondary N) is 1. The van der Waals surface area contributed by atoms with Gasteiger partial charge in [-0.05, 0) is 24.3 Å². The molecular weight excluding hydrogens is 442 g/mol. The molecular formula is C18H15ClF2N4O4S. The topological polar surface area (TPSA) is 103 Å². The average molecular weight is 457 g/mol. The number of benzene rings is 1. The highest BCUT2D eigenvalue weighted by atomic mass is 35.5. The van der Waals surface area contributed by atoms with Crippen LogP contribution in [-0.2, 0) is 16.9 Å². The van der Waals surface area contributed by atoms with Crippen molar-refractivity contribution in [1.29, 1.82) is 0 Å². The number of carbonyl (C=O) groups is 1. The van der Waals surface area contributed by atoms with E-state index in [0.717, 1.165) is 18.6 Å². The molecule has 2 heterocycles. The van der Waals surface area contributed by atoms with Gasteiger partial charge in [0.15, 0.2) is 21.4 Å². The number of ether oxygens (including phenoxy) is 1. The van der Waals surface area contributed by atoms with Crippen molar-refractivity contribution in [2.24, 2.45) is 7.05 Å². The molecule has 12 heteroatoms. The second-order valence-corrected chi connectivity index (χ2v) is 8.70. The molecule has 0 fully saturated rings. The number of carbonyl (C=O) groups excluding carboxylic acids is 1. The van der Waals surface area contributed by atoms with Crippen molar-refractivity contribution >= 4 is 33.0 Å². The zero-order chi connectivity index (χ0) is 22.1. The Kier molecular flexibility index (Phi) is 6.04. The van der Waals surface area contributed by atoms with E-state index in [-0.39, 0.29) is 32.7 Å². The molecule has 0 saturated heterocycles. The van der Waals surface area contributed by atoms with E-state index in [1.807, 2.05) is 0 Å².